The summed E-state index contributed by atoms with van der Waals surface area (Å²) in [6.07, 6.45) is 4.29. The van der Waals surface area contributed by atoms with Crippen molar-refractivity contribution in [2.75, 3.05) is 58.3 Å². The van der Waals surface area contributed by atoms with Gasteiger partial charge in [0.1, 0.15) is 24.3 Å². The zero-order valence-electron chi connectivity index (χ0n) is 24.3. The minimum atomic E-state index is -1.03. The van der Waals surface area contributed by atoms with Gasteiger partial charge in [0.15, 0.2) is 5.83 Å². The third-order valence-corrected chi connectivity index (χ3v) is 9.66. The highest BCUT2D eigenvalue weighted by atomic mass is 19.1. The maximum Gasteiger partial charge on any atom is 0.318 e. The molecule has 11 heteroatoms. The number of halogens is 2. The van der Waals surface area contributed by atoms with E-state index in [2.05, 4.69) is 33.2 Å². The predicted molar refractivity (Wildman–Crippen MR) is 154 cm³/mol. The number of piperazine rings is 1. The van der Waals surface area contributed by atoms with Gasteiger partial charge >= 0.3 is 6.01 Å². The number of nitrogens with zero attached hydrogens (tertiary/aromatic N) is 7. The Balaban J connectivity index is 1.37. The van der Waals surface area contributed by atoms with E-state index in [1.807, 2.05) is 13.1 Å². The van der Waals surface area contributed by atoms with Crippen LogP contribution in [0.4, 0.5) is 14.6 Å². The van der Waals surface area contributed by atoms with Crippen molar-refractivity contribution in [2.24, 2.45) is 0 Å². The van der Waals surface area contributed by atoms with Crippen LogP contribution in [0.5, 0.6) is 6.01 Å². The molecule has 1 spiro atoms. The SMILES string of the molecule is [C-]#[N+]C[C@H]1CN(c2nc(OC[C@@H]3CCCN3C)nc3c2CN(C)[C@@]2(CCc4cccc(F)c42)C3)CCN1C(=O)C(=C)F. The van der Waals surface area contributed by atoms with Gasteiger partial charge < -0.3 is 24.3 Å². The number of benzene rings is 1. The fourth-order valence-corrected chi connectivity index (χ4v) is 7.35. The number of carbonyl (C=O) groups excluding carboxylic acids is 1. The van der Waals surface area contributed by atoms with Gasteiger partial charge in [-0.1, -0.05) is 18.7 Å². The van der Waals surface area contributed by atoms with E-state index in [0.29, 0.717) is 38.5 Å². The van der Waals surface area contributed by atoms with E-state index in [1.54, 1.807) is 6.07 Å². The van der Waals surface area contributed by atoms with Gasteiger partial charge in [0.25, 0.3) is 5.91 Å². The first-order chi connectivity index (χ1) is 20.2. The van der Waals surface area contributed by atoms with Crippen LogP contribution in [-0.4, -0.2) is 96.1 Å². The lowest BCUT2D eigenvalue weighted by atomic mass is 9.80. The van der Waals surface area contributed by atoms with E-state index in [1.165, 1.54) is 11.0 Å². The summed E-state index contributed by atoms with van der Waals surface area (Å²) in [4.78, 5) is 33.8. The van der Waals surface area contributed by atoms with Gasteiger partial charge in [-0.05, 0) is 58.0 Å². The largest absolute Gasteiger partial charge is 0.462 e. The van der Waals surface area contributed by atoms with Crippen molar-refractivity contribution in [2.45, 2.75) is 56.3 Å². The molecule has 1 aliphatic carbocycles. The van der Waals surface area contributed by atoms with E-state index < -0.39 is 23.3 Å². The number of likely N-dealkylation sites (N-methyl/N-ethyl adjacent to an activating group) is 2. The Hall–Kier alpha value is -3.62. The van der Waals surface area contributed by atoms with Crippen LogP contribution in [-0.2, 0) is 29.7 Å². The van der Waals surface area contributed by atoms with E-state index in [0.717, 1.165) is 54.6 Å². The van der Waals surface area contributed by atoms with Crippen molar-refractivity contribution in [1.82, 2.24) is 24.7 Å². The monoisotopic (exact) mass is 577 g/mol. The molecule has 2 saturated heterocycles. The second-order valence-corrected chi connectivity index (χ2v) is 12.0. The molecule has 4 heterocycles. The number of likely N-dealkylation sites (tertiary alicyclic amines) is 1. The van der Waals surface area contributed by atoms with Gasteiger partial charge in [0.2, 0.25) is 6.54 Å². The van der Waals surface area contributed by atoms with Crippen molar-refractivity contribution in [3.63, 3.8) is 0 Å². The summed E-state index contributed by atoms with van der Waals surface area (Å²) < 4.78 is 35.4. The summed E-state index contributed by atoms with van der Waals surface area (Å²) >= 11 is 0. The maximum absolute atomic E-state index is 15.3. The Bertz CT molecular complexity index is 1450. The molecule has 2 fully saturated rings. The topological polar surface area (TPSA) is 69.4 Å². The highest BCUT2D eigenvalue weighted by molar-refractivity contribution is 5.91. The molecule has 9 nitrogen and oxygen atoms in total. The third kappa shape index (κ3) is 4.90. The van der Waals surface area contributed by atoms with Crippen molar-refractivity contribution in [3.8, 4) is 6.01 Å². The number of hydrogen-bond acceptors (Lipinski definition) is 7. The van der Waals surface area contributed by atoms with E-state index in [9.17, 15) is 9.18 Å². The second-order valence-electron chi connectivity index (χ2n) is 12.0. The number of aryl methyl sites for hydroxylation is 1. The van der Waals surface area contributed by atoms with Crippen molar-refractivity contribution in [3.05, 3.63) is 70.2 Å². The highest BCUT2D eigenvalue weighted by Crippen LogP contribution is 2.49. The number of carbonyl (C=O) groups is 1. The van der Waals surface area contributed by atoms with Crippen LogP contribution < -0.4 is 9.64 Å². The van der Waals surface area contributed by atoms with Gasteiger partial charge in [-0.25, -0.2) is 15.4 Å². The summed E-state index contributed by atoms with van der Waals surface area (Å²) in [5, 5.41) is 0. The summed E-state index contributed by atoms with van der Waals surface area (Å²) in [5.74, 6) is -1.29. The van der Waals surface area contributed by atoms with Crippen molar-refractivity contribution < 1.29 is 18.3 Å². The molecule has 1 aromatic heterocycles. The van der Waals surface area contributed by atoms with Crippen LogP contribution in [0.1, 0.15) is 41.6 Å². The summed E-state index contributed by atoms with van der Waals surface area (Å²) in [5.41, 5.74) is 3.05. The van der Waals surface area contributed by atoms with E-state index >= 15 is 4.39 Å². The molecule has 0 bridgehead atoms. The van der Waals surface area contributed by atoms with E-state index in [-0.39, 0.29) is 31.0 Å². The Kier molecular flexibility index (Phi) is 7.62. The quantitative estimate of drug-likeness (QED) is 0.386. The predicted octanol–water partition coefficient (Wildman–Crippen LogP) is 3.34. The number of rotatable bonds is 6. The van der Waals surface area contributed by atoms with Crippen molar-refractivity contribution in [1.29, 1.82) is 0 Å². The second kappa shape index (κ2) is 11.2. The first kappa shape index (κ1) is 28.5. The Morgan fingerprint density at radius 3 is 2.81 bits per heavy atom. The van der Waals surface area contributed by atoms with Gasteiger partial charge in [-0.15, -0.1) is 0 Å². The molecular formula is C31H37F2N7O2. The van der Waals surface area contributed by atoms with Crippen molar-refractivity contribution >= 4 is 11.7 Å². The lowest BCUT2D eigenvalue weighted by Gasteiger charge is -2.46. The van der Waals surface area contributed by atoms with Gasteiger partial charge in [0.05, 0.1) is 11.2 Å². The minimum Gasteiger partial charge on any atom is -0.462 e. The smallest absolute Gasteiger partial charge is 0.318 e. The lowest BCUT2D eigenvalue weighted by Crippen LogP contribution is -2.57. The Morgan fingerprint density at radius 1 is 1.24 bits per heavy atom. The molecule has 222 valence electrons. The Labute approximate surface area is 245 Å². The van der Waals surface area contributed by atoms with Crippen LogP contribution in [0.15, 0.2) is 30.6 Å². The first-order valence-corrected chi connectivity index (χ1v) is 14.7. The van der Waals surface area contributed by atoms with Crippen LogP contribution in [0.2, 0.25) is 0 Å². The Morgan fingerprint density at radius 2 is 2.07 bits per heavy atom. The molecule has 1 amide bonds. The molecule has 42 heavy (non-hydrogen) atoms. The zero-order chi connectivity index (χ0) is 29.6. The number of aromatic nitrogens is 2. The molecular weight excluding hydrogens is 540 g/mol. The minimum absolute atomic E-state index is 0.0409. The zero-order valence-corrected chi connectivity index (χ0v) is 24.3. The van der Waals surface area contributed by atoms with Crippen LogP contribution in [0.3, 0.4) is 0 Å². The highest BCUT2D eigenvalue weighted by Gasteiger charge is 2.48. The van der Waals surface area contributed by atoms with E-state index in [4.69, 9.17) is 21.3 Å². The molecule has 0 radical (unpaired) electrons. The normalized spacial score (nSPS) is 25.8. The van der Waals surface area contributed by atoms with Gasteiger partial charge in [-0.3, -0.25) is 9.69 Å². The molecule has 6 rings (SSSR count). The molecule has 2 aromatic rings. The van der Waals surface area contributed by atoms with Crippen LogP contribution in [0, 0.1) is 12.4 Å². The fraction of sp³-hybridized carbons (Fsp3) is 0.548. The summed E-state index contributed by atoms with van der Waals surface area (Å²) in [6, 6.07) is 5.39. The number of anilines is 1. The first-order valence-electron chi connectivity index (χ1n) is 14.7. The number of hydrogen-bond donors (Lipinski definition) is 0. The molecule has 0 saturated carbocycles. The summed E-state index contributed by atoms with van der Waals surface area (Å²) in [7, 11) is 4.12. The maximum atomic E-state index is 15.3. The molecule has 0 unspecified atom stereocenters. The van der Waals surface area contributed by atoms with Crippen LogP contribution in [0.25, 0.3) is 4.85 Å². The standard InChI is InChI=1S/C31H37F2N7O2/c1-20(32)29(41)40-14-13-39(17-23(40)16-34-2)28-24-18-38(4)31(11-10-21-7-5-9-25(33)27(21)31)15-26(24)35-30(36-28)42-19-22-8-6-12-37(22)3/h5,7,9,22-23H,1,6,8,10-19H2,3-4H3/t22-,23-,31-/m0/s1. The lowest BCUT2D eigenvalue weighted by molar-refractivity contribution is -0.131. The molecule has 0 N–H and O–H groups in total. The molecule has 1 aromatic carbocycles. The molecule has 4 aliphatic rings. The number of amides is 1. The number of ether oxygens (including phenoxy) is 1. The average molecular weight is 578 g/mol. The van der Waals surface area contributed by atoms with Gasteiger partial charge in [-0.2, -0.15) is 9.97 Å². The fourth-order valence-electron chi connectivity index (χ4n) is 7.35. The molecule has 3 atom stereocenters. The van der Waals surface area contributed by atoms with Crippen LogP contribution >= 0.6 is 0 Å². The summed E-state index contributed by atoms with van der Waals surface area (Å²) in [6.45, 7) is 13.6. The number of fused-ring (bicyclic) bond motifs is 3. The third-order valence-electron chi connectivity index (χ3n) is 9.66. The average Bonchev–Trinajstić information content (AvgIpc) is 3.56. The van der Waals surface area contributed by atoms with Gasteiger partial charge in [0, 0.05) is 49.8 Å². The molecule has 3 aliphatic heterocycles.